The van der Waals surface area contributed by atoms with Crippen molar-refractivity contribution in [3.05, 3.63) is 35.6 Å². The second kappa shape index (κ2) is 7.10. The summed E-state index contributed by atoms with van der Waals surface area (Å²) < 4.78 is 0. The van der Waals surface area contributed by atoms with Crippen LogP contribution in [0.15, 0.2) is 35.6 Å². The lowest BCUT2D eigenvalue weighted by Gasteiger charge is -2.12. The maximum Gasteiger partial charge on any atom is 0.224 e. The molecule has 0 saturated carbocycles. The molecule has 0 spiro atoms. The summed E-state index contributed by atoms with van der Waals surface area (Å²) in [5.74, 6) is 0.0371. The molecule has 0 radical (unpaired) electrons. The Morgan fingerprint density at radius 3 is 2.00 bits per heavy atom. The lowest BCUT2D eigenvalue weighted by atomic mass is 10.0. The second-order valence-electron chi connectivity index (χ2n) is 4.35. The van der Waals surface area contributed by atoms with Crippen LogP contribution in [0.5, 0.6) is 0 Å². The van der Waals surface area contributed by atoms with E-state index in [4.69, 9.17) is 0 Å². The molecule has 17 heavy (non-hydrogen) atoms. The van der Waals surface area contributed by atoms with Crippen LogP contribution in [0.1, 0.15) is 47.5 Å². The molecule has 1 aliphatic rings. The molecule has 0 aromatic carbocycles. The molecule has 0 aromatic heterocycles. The van der Waals surface area contributed by atoms with Crippen molar-refractivity contribution in [2.24, 2.45) is 0 Å². The van der Waals surface area contributed by atoms with Gasteiger partial charge in [0.15, 0.2) is 0 Å². The Kier molecular flexibility index (Phi) is 6.55. The van der Waals surface area contributed by atoms with E-state index in [9.17, 15) is 4.79 Å². The number of hydrogen-bond donors (Lipinski definition) is 0. The number of rotatable bonds is 1. The van der Waals surface area contributed by atoms with Gasteiger partial charge in [0.05, 0.1) is 6.54 Å². The molecule has 0 atom stereocenters. The van der Waals surface area contributed by atoms with Crippen LogP contribution in [0.25, 0.3) is 0 Å². The van der Waals surface area contributed by atoms with Crippen molar-refractivity contribution in [3.8, 4) is 0 Å². The molecule has 1 rings (SSSR count). The van der Waals surface area contributed by atoms with Gasteiger partial charge in [0.2, 0.25) is 5.91 Å². The maximum atomic E-state index is 11.3. The Bertz CT molecular complexity index is 350. The fourth-order valence-electron chi connectivity index (χ4n) is 1.59. The second-order valence-corrected chi connectivity index (χ2v) is 4.35. The molecule has 0 N–H and O–H groups in total. The van der Waals surface area contributed by atoms with Crippen LogP contribution in [-0.4, -0.2) is 17.4 Å². The first-order valence-corrected chi connectivity index (χ1v) is 6.25. The van der Waals surface area contributed by atoms with Gasteiger partial charge in [-0.05, 0) is 24.5 Å². The molecule has 1 saturated heterocycles. The van der Waals surface area contributed by atoms with Crippen molar-refractivity contribution in [3.63, 3.8) is 0 Å². The molecule has 1 fully saturated rings. The summed E-state index contributed by atoms with van der Waals surface area (Å²) in [6.07, 6.45) is 2.24. The molecule has 1 heterocycles. The molecular formula is C15H25NO. The van der Waals surface area contributed by atoms with E-state index >= 15 is 0 Å². The van der Waals surface area contributed by atoms with Crippen LogP contribution in [-0.2, 0) is 4.79 Å². The highest BCUT2D eigenvalue weighted by molar-refractivity contribution is 5.79. The number of likely N-dealkylation sites (tertiary alicyclic amines) is 1. The van der Waals surface area contributed by atoms with Gasteiger partial charge in [-0.25, -0.2) is 0 Å². The zero-order valence-corrected chi connectivity index (χ0v) is 11.9. The summed E-state index contributed by atoms with van der Waals surface area (Å²) in [6, 6.07) is 0. The summed E-state index contributed by atoms with van der Waals surface area (Å²) in [7, 11) is 0. The van der Waals surface area contributed by atoms with Crippen molar-refractivity contribution < 1.29 is 4.79 Å². The van der Waals surface area contributed by atoms with E-state index < -0.39 is 0 Å². The molecule has 1 aliphatic heterocycles. The standard InChI is InChI=1S/C12H17NO.C3H8/c1-6-8(2)12-7-13(11(5)14)10(4)9(12)3;1-3-2/h3-4,6-7H2,1-2,5H3;3H2,1-2H3/b12-8+;. The smallest absolute Gasteiger partial charge is 0.224 e. The molecule has 1 amide bonds. The fraction of sp³-hybridized carbons (Fsp3) is 0.533. The Labute approximate surface area is 106 Å². The lowest BCUT2D eigenvalue weighted by molar-refractivity contribution is -0.126. The van der Waals surface area contributed by atoms with Crippen LogP contribution in [0.2, 0.25) is 0 Å². The van der Waals surface area contributed by atoms with E-state index in [1.165, 1.54) is 17.6 Å². The zero-order chi connectivity index (χ0) is 13.6. The Morgan fingerprint density at radius 2 is 1.71 bits per heavy atom. The van der Waals surface area contributed by atoms with Gasteiger partial charge in [-0.1, -0.05) is 45.9 Å². The third-order valence-electron chi connectivity index (χ3n) is 2.78. The van der Waals surface area contributed by atoms with Crippen LogP contribution in [0.4, 0.5) is 0 Å². The van der Waals surface area contributed by atoms with Gasteiger partial charge in [-0.15, -0.1) is 0 Å². The van der Waals surface area contributed by atoms with Crippen LogP contribution in [0, 0.1) is 0 Å². The molecule has 2 heteroatoms. The number of carbonyl (C=O) groups excluding carboxylic acids is 1. The van der Waals surface area contributed by atoms with Gasteiger partial charge in [0.1, 0.15) is 0 Å². The average molecular weight is 235 g/mol. The van der Waals surface area contributed by atoms with Crippen LogP contribution in [0.3, 0.4) is 0 Å². The summed E-state index contributed by atoms with van der Waals surface area (Å²) in [5, 5.41) is 0. The first-order valence-electron chi connectivity index (χ1n) is 6.25. The molecule has 0 aromatic rings. The van der Waals surface area contributed by atoms with Crippen molar-refractivity contribution in [2.45, 2.75) is 47.5 Å². The minimum absolute atomic E-state index is 0.0371. The highest BCUT2D eigenvalue weighted by atomic mass is 16.2. The topological polar surface area (TPSA) is 20.3 Å². The lowest BCUT2D eigenvalue weighted by Crippen LogP contribution is -2.23. The van der Waals surface area contributed by atoms with Crippen molar-refractivity contribution >= 4 is 5.91 Å². The third-order valence-corrected chi connectivity index (χ3v) is 2.78. The third kappa shape index (κ3) is 3.88. The van der Waals surface area contributed by atoms with E-state index in [0.29, 0.717) is 6.54 Å². The van der Waals surface area contributed by atoms with Crippen molar-refractivity contribution in [2.75, 3.05) is 6.54 Å². The highest BCUT2D eigenvalue weighted by Crippen LogP contribution is 2.32. The van der Waals surface area contributed by atoms with Gasteiger partial charge >= 0.3 is 0 Å². The SMILES string of the molecule is C=C1C(=C)N(C(C)=O)C/C1=C(/C)CC.CCC. The minimum Gasteiger partial charge on any atom is -0.308 e. The predicted molar refractivity (Wildman–Crippen MR) is 74.6 cm³/mol. The van der Waals surface area contributed by atoms with Gasteiger partial charge in [-0.2, -0.15) is 0 Å². The van der Waals surface area contributed by atoms with E-state index in [0.717, 1.165) is 17.7 Å². The van der Waals surface area contributed by atoms with Gasteiger partial charge < -0.3 is 4.90 Å². The Balaban J connectivity index is 0.000000770. The van der Waals surface area contributed by atoms with Crippen LogP contribution < -0.4 is 0 Å². The monoisotopic (exact) mass is 235 g/mol. The van der Waals surface area contributed by atoms with Crippen molar-refractivity contribution in [1.29, 1.82) is 0 Å². The number of amides is 1. The normalized spacial score (nSPS) is 17.8. The zero-order valence-electron chi connectivity index (χ0n) is 11.9. The number of carbonyl (C=O) groups is 1. The average Bonchev–Trinajstić information content (AvgIpc) is 2.56. The number of hydrogen-bond acceptors (Lipinski definition) is 1. The highest BCUT2D eigenvalue weighted by Gasteiger charge is 2.27. The van der Waals surface area contributed by atoms with Crippen molar-refractivity contribution in [1.82, 2.24) is 4.90 Å². The first kappa shape index (κ1) is 15.7. The quantitative estimate of drug-likeness (QED) is 0.671. The first-order chi connectivity index (χ1) is 7.90. The van der Waals surface area contributed by atoms with Gasteiger partial charge in [0.25, 0.3) is 0 Å². The molecular weight excluding hydrogens is 210 g/mol. The minimum atomic E-state index is 0.0371. The van der Waals surface area contributed by atoms with Gasteiger partial charge in [-0.3, -0.25) is 4.79 Å². The predicted octanol–water partition coefficient (Wildman–Crippen LogP) is 4.06. The molecule has 2 nitrogen and oxygen atoms in total. The fourth-order valence-corrected chi connectivity index (χ4v) is 1.59. The largest absolute Gasteiger partial charge is 0.308 e. The number of nitrogens with zero attached hydrogens (tertiary/aromatic N) is 1. The Hall–Kier alpha value is -1.31. The summed E-state index contributed by atoms with van der Waals surface area (Å²) >= 11 is 0. The Morgan fingerprint density at radius 1 is 1.24 bits per heavy atom. The summed E-state index contributed by atoms with van der Waals surface area (Å²) in [6.45, 7) is 18.5. The molecule has 96 valence electrons. The maximum absolute atomic E-state index is 11.3. The van der Waals surface area contributed by atoms with E-state index in [-0.39, 0.29) is 5.91 Å². The van der Waals surface area contributed by atoms with E-state index in [1.54, 1.807) is 11.8 Å². The molecule has 0 aliphatic carbocycles. The molecule has 0 bridgehead atoms. The summed E-state index contributed by atoms with van der Waals surface area (Å²) in [5.41, 5.74) is 4.13. The van der Waals surface area contributed by atoms with E-state index in [1.807, 2.05) is 0 Å². The van der Waals surface area contributed by atoms with E-state index in [2.05, 4.69) is 40.9 Å². The summed E-state index contributed by atoms with van der Waals surface area (Å²) in [4.78, 5) is 12.9. The number of allylic oxidation sites excluding steroid dienone is 2. The molecule has 0 unspecified atom stereocenters. The van der Waals surface area contributed by atoms with Gasteiger partial charge in [0, 0.05) is 12.6 Å². The van der Waals surface area contributed by atoms with Crippen LogP contribution >= 0.6 is 0 Å².